The van der Waals surface area contributed by atoms with E-state index in [0.29, 0.717) is 0 Å². The van der Waals surface area contributed by atoms with E-state index < -0.39 is 17.7 Å². The molecule has 1 N–H and O–H groups in total. The molecule has 0 heterocycles. The third kappa shape index (κ3) is 7.67. The molecule has 2 amide bonds. The second-order valence-corrected chi connectivity index (χ2v) is 6.33. The molecule has 0 aromatic rings. The van der Waals surface area contributed by atoms with Crippen LogP contribution in [0.5, 0.6) is 0 Å². The SMILES string of the molecule is C=CCOC(=O)OCC(C)(C)NC(=O)C(C(C)C)N(C)C(C)=O. The topological polar surface area (TPSA) is 84.9 Å². The van der Waals surface area contributed by atoms with Crippen molar-refractivity contribution in [3.8, 4) is 0 Å². The Bertz CT molecular complexity index is 446. The number of hydrogen-bond acceptors (Lipinski definition) is 5. The Labute approximate surface area is 138 Å². The Morgan fingerprint density at radius 1 is 1.26 bits per heavy atom. The molecule has 1 atom stereocenters. The highest BCUT2D eigenvalue weighted by Gasteiger charge is 2.32. The Morgan fingerprint density at radius 2 is 1.83 bits per heavy atom. The first-order valence-electron chi connectivity index (χ1n) is 7.47. The van der Waals surface area contributed by atoms with Gasteiger partial charge in [0.15, 0.2) is 0 Å². The second kappa shape index (κ2) is 9.17. The molecule has 23 heavy (non-hydrogen) atoms. The number of ether oxygens (including phenoxy) is 2. The number of amides is 2. The lowest BCUT2D eigenvalue weighted by molar-refractivity contribution is -0.140. The first kappa shape index (κ1) is 20.9. The Hall–Kier alpha value is -2.05. The number of nitrogens with zero attached hydrogens (tertiary/aromatic N) is 1. The zero-order chi connectivity index (χ0) is 18.2. The van der Waals surface area contributed by atoms with Crippen LogP contribution in [0.1, 0.15) is 34.6 Å². The van der Waals surface area contributed by atoms with Crippen molar-refractivity contribution in [2.24, 2.45) is 5.92 Å². The minimum Gasteiger partial charge on any atom is -0.432 e. The van der Waals surface area contributed by atoms with Crippen LogP contribution in [0.25, 0.3) is 0 Å². The van der Waals surface area contributed by atoms with Gasteiger partial charge in [0, 0.05) is 14.0 Å². The molecule has 0 saturated carbocycles. The fourth-order valence-corrected chi connectivity index (χ4v) is 1.97. The quantitative estimate of drug-likeness (QED) is 0.542. The zero-order valence-electron chi connectivity index (χ0n) is 14.8. The van der Waals surface area contributed by atoms with Gasteiger partial charge in [-0.2, -0.15) is 0 Å². The molecule has 1 unspecified atom stereocenters. The van der Waals surface area contributed by atoms with Crippen molar-refractivity contribution in [1.82, 2.24) is 10.2 Å². The third-order valence-electron chi connectivity index (χ3n) is 3.15. The van der Waals surface area contributed by atoms with Crippen molar-refractivity contribution in [2.45, 2.75) is 46.2 Å². The summed E-state index contributed by atoms with van der Waals surface area (Å²) in [6, 6.07) is -0.598. The summed E-state index contributed by atoms with van der Waals surface area (Å²) in [6.07, 6.45) is 0.604. The summed E-state index contributed by atoms with van der Waals surface area (Å²) in [5.74, 6) is -0.551. The monoisotopic (exact) mass is 328 g/mol. The van der Waals surface area contributed by atoms with Gasteiger partial charge < -0.3 is 19.7 Å². The van der Waals surface area contributed by atoms with Crippen molar-refractivity contribution >= 4 is 18.0 Å². The van der Waals surface area contributed by atoms with Crippen LogP contribution in [-0.4, -0.2) is 54.7 Å². The fourth-order valence-electron chi connectivity index (χ4n) is 1.97. The van der Waals surface area contributed by atoms with Crippen LogP contribution in [0.15, 0.2) is 12.7 Å². The summed E-state index contributed by atoms with van der Waals surface area (Å²) >= 11 is 0. The Kier molecular flexibility index (Phi) is 8.35. The van der Waals surface area contributed by atoms with E-state index in [4.69, 9.17) is 9.47 Å². The molecular weight excluding hydrogens is 300 g/mol. The molecule has 0 saturated heterocycles. The average Bonchev–Trinajstić information content (AvgIpc) is 2.41. The molecule has 0 radical (unpaired) electrons. The standard InChI is InChI=1S/C16H28N2O5/c1-8-9-22-15(21)23-10-16(5,6)17-14(20)13(11(2)3)18(7)12(4)19/h8,11,13H,1,9-10H2,2-7H3,(H,17,20). The van der Waals surface area contributed by atoms with Crippen LogP contribution < -0.4 is 5.32 Å². The van der Waals surface area contributed by atoms with Crippen LogP contribution in [0, 0.1) is 5.92 Å². The largest absolute Gasteiger partial charge is 0.508 e. The van der Waals surface area contributed by atoms with E-state index >= 15 is 0 Å². The van der Waals surface area contributed by atoms with Crippen LogP contribution in [-0.2, 0) is 19.1 Å². The normalized spacial score (nSPS) is 12.3. The number of carbonyl (C=O) groups excluding carboxylic acids is 3. The van der Waals surface area contributed by atoms with Crippen molar-refractivity contribution in [3.05, 3.63) is 12.7 Å². The van der Waals surface area contributed by atoms with E-state index in [0.717, 1.165) is 0 Å². The molecular formula is C16H28N2O5. The molecule has 132 valence electrons. The van der Waals surface area contributed by atoms with Crippen LogP contribution in [0.2, 0.25) is 0 Å². The lowest BCUT2D eigenvalue weighted by atomic mass is 9.99. The molecule has 0 aliphatic heterocycles. The summed E-state index contributed by atoms with van der Waals surface area (Å²) in [7, 11) is 1.59. The van der Waals surface area contributed by atoms with Crippen LogP contribution >= 0.6 is 0 Å². The summed E-state index contributed by atoms with van der Waals surface area (Å²) in [5, 5.41) is 2.80. The van der Waals surface area contributed by atoms with E-state index in [2.05, 4.69) is 11.9 Å². The lowest BCUT2D eigenvalue weighted by Crippen LogP contribution is -2.56. The van der Waals surface area contributed by atoms with Gasteiger partial charge in [-0.15, -0.1) is 0 Å². The van der Waals surface area contributed by atoms with Gasteiger partial charge in [0.25, 0.3) is 0 Å². The smallest absolute Gasteiger partial charge is 0.432 e. The summed E-state index contributed by atoms with van der Waals surface area (Å²) < 4.78 is 9.66. The maximum Gasteiger partial charge on any atom is 0.508 e. The fraction of sp³-hybridized carbons (Fsp3) is 0.688. The molecule has 0 spiro atoms. The molecule has 0 aliphatic carbocycles. The molecule has 7 nitrogen and oxygen atoms in total. The highest BCUT2D eigenvalue weighted by Crippen LogP contribution is 2.13. The third-order valence-corrected chi connectivity index (χ3v) is 3.15. The van der Waals surface area contributed by atoms with Crippen LogP contribution in [0.3, 0.4) is 0 Å². The first-order chi connectivity index (χ1) is 10.5. The molecule has 0 aromatic heterocycles. The molecule has 0 fully saturated rings. The van der Waals surface area contributed by atoms with Crippen molar-refractivity contribution < 1.29 is 23.9 Å². The number of nitrogens with one attached hydrogen (secondary N) is 1. The molecule has 0 aliphatic rings. The van der Waals surface area contributed by atoms with Gasteiger partial charge in [0.1, 0.15) is 19.3 Å². The highest BCUT2D eigenvalue weighted by molar-refractivity contribution is 5.87. The second-order valence-electron chi connectivity index (χ2n) is 6.33. The maximum absolute atomic E-state index is 12.5. The van der Waals surface area contributed by atoms with Gasteiger partial charge in [0.05, 0.1) is 5.54 Å². The first-order valence-corrected chi connectivity index (χ1v) is 7.47. The summed E-state index contributed by atoms with van der Waals surface area (Å²) in [4.78, 5) is 36.7. The number of carbonyl (C=O) groups is 3. The minimum absolute atomic E-state index is 0.0523. The number of hydrogen-bond donors (Lipinski definition) is 1. The minimum atomic E-state index is -0.825. The Balaban J connectivity index is 4.72. The average molecular weight is 328 g/mol. The van der Waals surface area contributed by atoms with Gasteiger partial charge in [-0.3, -0.25) is 9.59 Å². The molecule has 7 heteroatoms. The summed E-state index contributed by atoms with van der Waals surface area (Å²) in [6.45, 7) is 12.0. The van der Waals surface area contributed by atoms with Gasteiger partial charge in [0.2, 0.25) is 11.8 Å². The van der Waals surface area contributed by atoms with Crippen molar-refractivity contribution in [2.75, 3.05) is 20.3 Å². The van der Waals surface area contributed by atoms with E-state index in [9.17, 15) is 14.4 Å². The van der Waals surface area contributed by atoms with Gasteiger partial charge in [-0.1, -0.05) is 26.5 Å². The van der Waals surface area contributed by atoms with E-state index in [1.165, 1.54) is 17.9 Å². The van der Waals surface area contributed by atoms with Crippen molar-refractivity contribution in [3.63, 3.8) is 0 Å². The van der Waals surface area contributed by atoms with Gasteiger partial charge >= 0.3 is 6.16 Å². The molecule has 0 aromatic carbocycles. The van der Waals surface area contributed by atoms with Gasteiger partial charge in [-0.25, -0.2) is 4.79 Å². The van der Waals surface area contributed by atoms with E-state index in [1.54, 1.807) is 20.9 Å². The van der Waals surface area contributed by atoms with E-state index in [1.807, 2.05) is 13.8 Å². The van der Waals surface area contributed by atoms with Crippen molar-refractivity contribution in [1.29, 1.82) is 0 Å². The lowest BCUT2D eigenvalue weighted by Gasteiger charge is -2.33. The predicted octanol–water partition coefficient (Wildman–Crippen LogP) is 1.72. The van der Waals surface area contributed by atoms with Gasteiger partial charge in [-0.05, 0) is 19.8 Å². The number of likely N-dealkylation sites (N-methyl/N-ethyl adjacent to an activating group) is 1. The van der Waals surface area contributed by atoms with E-state index in [-0.39, 0.29) is 30.9 Å². The van der Waals surface area contributed by atoms with Crippen LogP contribution in [0.4, 0.5) is 4.79 Å². The highest BCUT2D eigenvalue weighted by atomic mass is 16.7. The summed E-state index contributed by atoms with van der Waals surface area (Å²) in [5.41, 5.74) is -0.797. The molecule has 0 bridgehead atoms. The number of rotatable bonds is 8. The Morgan fingerprint density at radius 3 is 2.26 bits per heavy atom. The maximum atomic E-state index is 12.5. The predicted molar refractivity (Wildman–Crippen MR) is 86.8 cm³/mol. The molecule has 0 rings (SSSR count). The zero-order valence-corrected chi connectivity index (χ0v) is 14.8.